The molecule has 1 fully saturated rings. The van der Waals surface area contributed by atoms with Gasteiger partial charge < -0.3 is 10.2 Å². The molecule has 34 heavy (non-hydrogen) atoms. The topological polar surface area (TPSA) is 86.8 Å². The van der Waals surface area contributed by atoms with Crippen molar-refractivity contribution in [2.75, 3.05) is 9.80 Å². The van der Waals surface area contributed by atoms with Gasteiger partial charge in [-0.3, -0.25) is 19.2 Å². The molecule has 1 aromatic carbocycles. The summed E-state index contributed by atoms with van der Waals surface area (Å²) < 4.78 is 0. The Bertz CT molecular complexity index is 1030. The fourth-order valence-electron chi connectivity index (χ4n) is 4.21. The summed E-state index contributed by atoms with van der Waals surface area (Å²) in [7, 11) is 0. The van der Waals surface area contributed by atoms with E-state index in [2.05, 4.69) is 19.2 Å². The molecule has 1 atom stereocenters. The van der Waals surface area contributed by atoms with E-state index < -0.39 is 6.04 Å². The van der Waals surface area contributed by atoms with E-state index >= 15 is 0 Å². The van der Waals surface area contributed by atoms with Gasteiger partial charge in [0.2, 0.25) is 23.6 Å². The second-order valence-corrected chi connectivity index (χ2v) is 9.50. The van der Waals surface area contributed by atoms with Crippen LogP contribution in [0.4, 0.5) is 11.4 Å². The van der Waals surface area contributed by atoms with Crippen molar-refractivity contribution >= 4 is 46.3 Å². The third kappa shape index (κ3) is 5.55. The highest BCUT2D eigenvalue weighted by atomic mass is 32.1. The van der Waals surface area contributed by atoms with Crippen molar-refractivity contribution in [2.45, 2.75) is 72.4 Å². The molecule has 3 heterocycles. The van der Waals surface area contributed by atoms with Crippen LogP contribution in [0.25, 0.3) is 0 Å². The summed E-state index contributed by atoms with van der Waals surface area (Å²) in [6, 6.07) is 6.67. The number of hydrogen-bond donors (Lipinski definition) is 1. The SMILES string of the molecule is CC.CC(C)CCC(=O)NC1Cc2cccc(N3C(=O)CCC3=O)c2N(Cc2ccsc2)C1=O. The Morgan fingerprint density at radius 2 is 1.82 bits per heavy atom. The molecule has 0 aliphatic carbocycles. The molecule has 0 radical (unpaired) electrons. The number of thiophene rings is 1. The molecular weight excluding hydrogens is 450 g/mol. The van der Waals surface area contributed by atoms with E-state index in [1.165, 1.54) is 16.2 Å². The molecule has 4 amide bonds. The molecule has 1 unspecified atom stereocenters. The minimum absolute atomic E-state index is 0.142. The lowest BCUT2D eigenvalue weighted by Gasteiger charge is -2.37. The van der Waals surface area contributed by atoms with Crippen molar-refractivity contribution in [3.63, 3.8) is 0 Å². The second-order valence-electron chi connectivity index (χ2n) is 8.72. The van der Waals surface area contributed by atoms with Crippen molar-refractivity contribution in [3.05, 3.63) is 46.2 Å². The Morgan fingerprint density at radius 1 is 1.12 bits per heavy atom. The first-order valence-corrected chi connectivity index (χ1v) is 12.9. The number of nitrogens with zero attached hydrogens (tertiary/aromatic N) is 2. The Morgan fingerprint density at radius 3 is 2.44 bits per heavy atom. The summed E-state index contributed by atoms with van der Waals surface area (Å²) in [5.41, 5.74) is 2.82. The molecule has 2 aliphatic rings. The van der Waals surface area contributed by atoms with Gasteiger partial charge in [0, 0.05) is 25.7 Å². The van der Waals surface area contributed by atoms with Crippen LogP contribution in [0.1, 0.15) is 64.5 Å². The predicted molar refractivity (Wildman–Crippen MR) is 135 cm³/mol. The lowest BCUT2D eigenvalue weighted by molar-refractivity contribution is -0.128. The highest BCUT2D eigenvalue weighted by molar-refractivity contribution is 7.07. The van der Waals surface area contributed by atoms with Crippen LogP contribution in [0.3, 0.4) is 0 Å². The van der Waals surface area contributed by atoms with E-state index in [4.69, 9.17) is 0 Å². The quantitative estimate of drug-likeness (QED) is 0.590. The zero-order valence-electron chi connectivity index (χ0n) is 20.3. The van der Waals surface area contributed by atoms with Crippen LogP contribution < -0.4 is 15.1 Å². The Labute approximate surface area is 205 Å². The molecule has 2 aliphatic heterocycles. The number of carbonyl (C=O) groups excluding carboxylic acids is 4. The third-order valence-electron chi connectivity index (χ3n) is 5.85. The number of imide groups is 1. The van der Waals surface area contributed by atoms with Gasteiger partial charge in [-0.1, -0.05) is 39.8 Å². The number of anilines is 2. The largest absolute Gasteiger partial charge is 0.344 e. The minimum atomic E-state index is -0.680. The van der Waals surface area contributed by atoms with Crippen molar-refractivity contribution in [2.24, 2.45) is 5.92 Å². The summed E-state index contributed by atoms with van der Waals surface area (Å²) >= 11 is 1.54. The summed E-state index contributed by atoms with van der Waals surface area (Å²) in [6.07, 6.45) is 1.80. The molecule has 182 valence electrons. The van der Waals surface area contributed by atoms with Crippen molar-refractivity contribution in [3.8, 4) is 0 Å². The summed E-state index contributed by atoms with van der Waals surface area (Å²) in [4.78, 5) is 53.8. The van der Waals surface area contributed by atoms with Gasteiger partial charge in [0.1, 0.15) is 6.04 Å². The fourth-order valence-corrected chi connectivity index (χ4v) is 4.87. The predicted octanol–water partition coefficient (Wildman–Crippen LogP) is 4.44. The number of nitrogens with one attached hydrogen (secondary N) is 1. The highest BCUT2D eigenvalue weighted by Gasteiger charge is 2.39. The average molecular weight is 484 g/mol. The lowest BCUT2D eigenvalue weighted by atomic mass is 9.94. The molecule has 8 heteroatoms. The van der Waals surface area contributed by atoms with Gasteiger partial charge in [0.15, 0.2) is 0 Å². The first kappa shape index (κ1) is 25.6. The summed E-state index contributed by atoms with van der Waals surface area (Å²) in [6.45, 7) is 8.42. The number of benzene rings is 1. The van der Waals surface area contributed by atoms with Gasteiger partial charge in [0.25, 0.3) is 0 Å². The molecule has 4 rings (SSSR count). The first-order valence-electron chi connectivity index (χ1n) is 11.9. The Balaban J connectivity index is 0.00000158. The highest BCUT2D eigenvalue weighted by Crippen LogP contribution is 2.40. The Kier molecular flexibility index (Phi) is 8.61. The molecule has 0 saturated carbocycles. The van der Waals surface area contributed by atoms with Crippen LogP contribution in [0.15, 0.2) is 35.0 Å². The smallest absolute Gasteiger partial charge is 0.250 e. The molecular formula is C26H33N3O4S. The number of para-hydroxylation sites is 1. The van der Waals surface area contributed by atoms with E-state index in [-0.39, 0.29) is 36.5 Å². The Hall–Kier alpha value is -3.00. The maximum atomic E-state index is 13.5. The second kappa shape index (κ2) is 11.4. The number of carbonyl (C=O) groups is 4. The number of rotatable bonds is 7. The maximum absolute atomic E-state index is 13.5. The molecule has 0 spiro atoms. The van der Waals surface area contributed by atoms with E-state index in [0.29, 0.717) is 36.7 Å². The van der Waals surface area contributed by atoms with E-state index in [0.717, 1.165) is 17.5 Å². The molecule has 0 bridgehead atoms. The van der Waals surface area contributed by atoms with Crippen LogP contribution >= 0.6 is 11.3 Å². The molecule has 2 aromatic rings. The minimum Gasteiger partial charge on any atom is -0.344 e. The lowest BCUT2D eigenvalue weighted by Crippen LogP contribution is -2.53. The molecule has 1 N–H and O–H groups in total. The van der Waals surface area contributed by atoms with Crippen molar-refractivity contribution in [1.29, 1.82) is 0 Å². The maximum Gasteiger partial charge on any atom is 0.250 e. The van der Waals surface area contributed by atoms with Crippen LogP contribution in [0.2, 0.25) is 0 Å². The zero-order valence-corrected chi connectivity index (χ0v) is 21.1. The molecule has 1 aromatic heterocycles. The van der Waals surface area contributed by atoms with Gasteiger partial charge in [-0.05, 0) is 46.4 Å². The van der Waals surface area contributed by atoms with Crippen LogP contribution in [0.5, 0.6) is 0 Å². The van der Waals surface area contributed by atoms with Gasteiger partial charge in [-0.15, -0.1) is 0 Å². The average Bonchev–Trinajstić information content (AvgIpc) is 3.45. The number of amides is 4. The van der Waals surface area contributed by atoms with Crippen LogP contribution in [-0.2, 0) is 32.1 Å². The zero-order chi connectivity index (χ0) is 24.8. The molecule has 1 saturated heterocycles. The van der Waals surface area contributed by atoms with Gasteiger partial charge in [-0.25, -0.2) is 4.90 Å². The number of hydrogen-bond acceptors (Lipinski definition) is 5. The van der Waals surface area contributed by atoms with E-state index in [9.17, 15) is 19.2 Å². The van der Waals surface area contributed by atoms with Crippen molar-refractivity contribution in [1.82, 2.24) is 5.32 Å². The summed E-state index contributed by atoms with van der Waals surface area (Å²) in [5.74, 6) is -0.479. The first-order chi connectivity index (χ1) is 16.3. The van der Waals surface area contributed by atoms with Gasteiger partial charge >= 0.3 is 0 Å². The van der Waals surface area contributed by atoms with Gasteiger partial charge in [-0.2, -0.15) is 11.3 Å². The van der Waals surface area contributed by atoms with E-state index in [1.54, 1.807) is 17.0 Å². The summed E-state index contributed by atoms with van der Waals surface area (Å²) in [5, 5.41) is 6.81. The monoisotopic (exact) mass is 483 g/mol. The van der Waals surface area contributed by atoms with Crippen molar-refractivity contribution < 1.29 is 19.2 Å². The van der Waals surface area contributed by atoms with E-state index in [1.807, 2.05) is 36.7 Å². The fraction of sp³-hybridized carbons (Fsp3) is 0.462. The number of fused-ring (bicyclic) bond motifs is 1. The van der Waals surface area contributed by atoms with Gasteiger partial charge in [0.05, 0.1) is 17.9 Å². The standard InChI is InChI=1S/C24H27N3O4S.C2H6/c1-15(2)6-7-20(28)25-18-12-17-4-3-5-19(27-21(29)8-9-22(27)30)23(17)26(24(18)31)13-16-10-11-32-14-16;1-2/h3-5,10-11,14-15,18H,6-9,12-13H2,1-2H3,(H,25,28);1-2H3. The third-order valence-corrected chi connectivity index (χ3v) is 6.59. The van der Waals surface area contributed by atoms with Crippen LogP contribution in [-0.4, -0.2) is 29.7 Å². The van der Waals surface area contributed by atoms with Crippen LogP contribution in [0, 0.1) is 5.92 Å². The molecule has 7 nitrogen and oxygen atoms in total. The normalized spacial score (nSPS) is 17.6.